The lowest BCUT2D eigenvalue weighted by molar-refractivity contribution is 0.102. The molecule has 166 valence electrons. The Balaban J connectivity index is 0.00000245. The molecular formula is C23H20Cl3N3OS2. The number of para-hydroxylation sites is 1. The Morgan fingerprint density at radius 1 is 1.16 bits per heavy atom. The van der Waals surface area contributed by atoms with E-state index in [1.807, 2.05) is 18.2 Å². The zero-order valence-electron chi connectivity index (χ0n) is 17.2. The lowest BCUT2D eigenvalue weighted by Crippen LogP contribution is -2.29. The summed E-state index contributed by atoms with van der Waals surface area (Å²) < 4.78 is 1.14. The van der Waals surface area contributed by atoms with E-state index in [9.17, 15) is 4.79 Å². The number of halogens is 3. The van der Waals surface area contributed by atoms with E-state index in [1.165, 1.54) is 10.4 Å². The van der Waals surface area contributed by atoms with Gasteiger partial charge in [-0.15, -0.1) is 35.1 Å². The molecule has 0 spiro atoms. The summed E-state index contributed by atoms with van der Waals surface area (Å²) >= 11 is 15.5. The third kappa shape index (κ3) is 4.53. The minimum absolute atomic E-state index is 0. The van der Waals surface area contributed by atoms with Crippen molar-refractivity contribution in [2.24, 2.45) is 0 Å². The molecule has 0 fully saturated rings. The molecule has 4 nitrogen and oxygen atoms in total. The van der Waals surface area contributed by atoms with Crippen LogP contribution in [0.5, 0.6) is 0 Å². The number of hydrogen-bond acceptors (Lipinski definition) is 5. The number of nitrogens with one attached hydrogen (secondary N) is 1. The zero-order chi connectivity index (χ0) is 21.5. The number of nitrogens with zero attached hydrogens (tertiary/aromatic N) is 2. The van der Waals surface area contributed by atoms with Crippen LogP contribution >= 0.6 is 58.3 Å². The van der Waals surface area contributed by atoms with Crippen LogP contribution in [0.25, 0.3) is 20.8 Å². The minimum atomic E-state index is -0.224. The number of hydrogen-bond donors (Lipinski definition) is 1. The van der Waals surface area contributed by atoms with Crippen LogP contribution in [0, 0.1) is 0 Å². The van der Waals surface area contributed by atoms with Gasteiger partial charge in [0.05, 0.1) is 10.2 Å². The second-order valence-electron chi connectivity index (χ2n) is 7.43. The molecule has 0 saturated carbocycles. The number of fused-ring (bicyclic) bond motifs is 2. The van der Waals surface area contributed by atoms with E-state index in [0.29, 0.717) is 15.6 Å². The average molecular weight is 525 g/mol. The Morgan fingerprint density at radius 2 is 1.91 bits per heavy atom. The fraction of sp³-hybridized carbons (Fsp3) is 0.217. The van der Waals surface area contributed by atoms with Gasteiger partial charge in [-0.2, -0.15) is 0 Å². The van der Waals surface area contributed by atoms with E-state index in [4.69, 9.17) is 28.2 Å². The van der Waals surface area contributed by atoms with Crippen LogP contribution in [-0.2, 0) is 13.0 Å². The first-order valence-corrected chi connectivity index (χ1v) is 12.4. The fourth-order valence-corrected chi connectivity index (χ4v) is 6.80. The molecule has 0 radical (unpaired) electrons. The molecule has 9 heteroatoms. The van der Waals surface area contributed by atoms with Crippen molar-refractivity contribution in [1.82, 2.24) is 9.88 Å². The first-order chi connectivity index (χ1) is 15.0. The van der Waals surface area contributed by atoms with Crippen LogP contribution < -0.4 is 5.32 Å². The van der Waals surface area contributed by atoms with Crippen molar-refractivity contribution in [3.8, 4) is 10.6 Å². The summed E-state index contributed by atoms with van der Waals surface area (Å²) in [6.07, 6.45) is 0.948. The van der Waals surface area contributed by atoms with Crippen molar-refractivity contribution >= 4 is 79.4 Å². The fourth-order valence-electron chi connectivity index (χ4n) is 3.88. The summed E-state index contributed by atoms with van der Waals surface area (Å²) in [5.74, 6) is -0.224. The molecule has 1 aliphatic rings. The number of amides is 1. The molecule has 2 aromatic carbocycles. The highest BCUT2D eigenvalue weighted by Gasteiger charge is 2.27. The molecule has 1 aliphatic heterocycles. The Bertz CT molecular complexity index is 1250. The van der Waals surface area contributed by atoms with E-state index in [2.05, 4.69) is 23.2 Å². The maximum absolute atomic E-state index is 13.1. The van der Waals surface area contributed by atoms with Crippen molar-refractivity contribution in [3.63, 3.8) is 0 Å². The van der Waals surface area contributed by atoms with Crippen molar-refractivity contribution in [3.05, 3.63) is 68.5 Å². The normalized spacial score (nSPS) is 13.6. The summed E-state index contributed by atoms with van der Waals surface area (Å²) in [7, 11) is 0. The third-order valence-corrected chi connectivity index (χ3v) is 8.07. The summed E-state index contributed by atoms with van der Waals surface area (Å²) in [5.41, 5.74) is 3.77. The average Bonchev–Trinajstić information content (AvgIpc) is 3.32. The molecule has 32 heavy (non-hydrogen) atoms. The van der Waals surface area contributed by atoms with Gasteiger partial charge in [-0.05, 0) is 48.9 Å². The van der Waals surface area contributed by atoms with Gasteiger partial charge in [0.2, 0.25) is 0 Å². The van der Waals surface area contributed by atoms with Crippen molar-refractivity contribution in [2.45, 2.75) is 19.9 Å². The van der Waals surface area contributed by atoms with Gasteiger partial charge in [0.1, 0.15) is 10.0 Å². The van der Waals surface area contributed by atoms with Gasteiger partial charge in [-0.25, -0.2) is 4.98 Å². The van der Waals surface area contributed by atoms with E-state index < -0.39 is 0 Å². The highest BCUT2D eigenvalue weighted by molar-refractivity contribution is 7.23. The maximum atomic E-state index is 13.1. The summed E-state index contributed by atoms with van der Waals surface area (Å²) in [6, 6.07) is 13.0. The number of aromatic nitrogens is 1. The third-order valence-electron chi connectivity index (χ3n) is 5.44. The quantitative estimate of drug-likeness (QED) is 0.303. The van der Waals surface area contributed by atoms with Crippen molar-refractivity contribution in [2.75, 3.05) is 18.4 Å². The standard InChI is InChI=1S/C23H19Cl2N3OS2.ClH/c1-2-28-8-7-16-19(12-28)31-23(27-21(29)13-9-14(24)11-15(25)10-13)20(16)22-26-17-5-3-4-6-18(17)30-22;/h3-6,9-11H,2,7-8,12H2,1H3,(H,27,29);1H. The lowest BCUT2D eigenvalue weighted by atomic mass is 10.0. The Hall–Kier alpha value is -1.67. The Labute approximate surface area is 210 Å². The first-order valence-electron chi connectivity index (χ1n) is 10.0. The number of benzene rings is 2. The maximum Gasteiger partial charge on any atom is 0.256 e. The van der Waals surface area contributed by atoms with Crippen molar-refractivity contribution in [1.29, 1.82) is 0 Å². The predicted molar refractivity (Wildman–Crippen MR) is 139 cm³/mol. The van der Waals surface area contributed by atoms with Crippen LogP contribution in [0.3, 0.4) is 0 Å². The summed E-state index contributed by atoms with van der Waals surface area (Å²) in [4.78, 5) is 21.7. The molecule has 0 bridgehead atoms. The summed E-state index contributed by atoms with van der Waals surface area (Å²) in [6.45, 7) is 5.10. The highest BCUT2D eigenvalue weighted by Crippen LogP contribution is 2.45. The predicted octanol–water partition coefficient (Wildman–Crippen LogP) is 7.38. The van der Waals surface area contributed by atoms with E-state index in [0.717, 1.165) is 51.8 Å². The number of thiophene rings is 1. The van der Waals surface area contributed by atoms with Crippen LogP contribution in [0.1, 0.15) is 27.7 Å². The molecule has 0 saturated heterocycles. The smallest absolute Gasteiger partial charge is 0.256 e. The second-order valence-corrected chi connectivity index (χ2v) is 10.4. The monoisotopic (exact) mass is 523 g/mol. The summed E-state index contributed by atoms with van der Waals surface area (Å²) in [5, 5.41) is 5.78. The topological polar surface area (TPSA) is 45.2 Å². The minimum Gasteiger partial charge on any atom is -0.313 e. The molecule has 1 N–H and O–H groups in total. The zero-order valence-corrected chi connectivity index (χ0v) is 21.1. The van der Waals surface area contributed by atoms with Gasteiger partial charge in [0, 0.05) is 39.1 Å². The highest BCUT2D eigenvalue weighted by atomic mass is 35.5. The molecule has 0 unspecified atom stereocenters. The number of anilines is 1. The molecule has 0 atom stereocenters. The number of rotatable bonds is 4. The Kier molecular flexibility index (Phi) is 7.10. The van der Waals surface area contributed by atoms with Gasteiger partial charge >= 0.3 is 0 Å². The molecule has 4 aromatic rings. The number of likely N-dealkylation sites (N-methyl/N-ethyl adjacent to an activating group) is 1. The van der Waals surface area contributed by atoms with Gasteiger partial charge in [-0.1, -0.05) is 42.3 Å². The SMILES string of the molecule is CCN1CCc2c(sc(NC(=O)c3cc(Cl)cc(Cl)c3)c2-c2nc3ccccc3s2)C1.Cl. The molecule has 5 rings (SSSR count). The van der Waals surface area contributed by atoms with Crippen LogP contribution in [0.4, 0.5) is 5.00 Å². The van der Waals surface area contributed by atoms with Crippen LogP contribution in [-0.4, -0.2) is 28.9 Å². The Morgan fingerprint density at radius 3 is 2.62 bits per heavy atom. The van der Waals surface area contributed by atoms with Gasteiger partial charge < -0.3 is 5.32 Å². The number of carbonyl (C=O) groups excluding carboxylic acids is 1. The molecule has 2 aromatic heterocycles. The van der Waals surface area contributed by atoms with Gasteiger partial charge in [0.15, 0.2) is 0 Å². The molecule has 1 amide bonds. The van der Waals surface area contributed by atoms with E-state index in [1.54, 1.807) is 40.9 Å². The van der Waals surface area contributed by atoms with E-state index >= 15 is 0 Å². The number of carbonyl (C=O) groups is 1. The molecule has 0 aliphatic carbocycles. The van der Waals surface area contributed by atoms with Gasteiger partial charge in [0.25, 0.3) is 5.91 Å². The molecule has 3 heterocycles. The second kappa shape index (κ2) is 9.67. The van der Waals surface area contributed by atoms with Gasteiger partial charge in [-0.3, -0.25) is 9.69 Å². The van der Waals surface area contributed by atoms with Crippen LogP contribution in [0.15, 0.2) is 42.5 Å². The largest absolute Gasteiger partial charge is 0.313 e. The molecular weight excluding hydrogens is 505 g/mol. The first kappa shape index (κ1) is 23.5. The van der Waals surface area contributed by atoms with E-state index in [-0.39, 0.29) is 18.3 Å². The lowest BCUT2D eigenvalue weighted by Gasteiger charge is -2.25. The van der Waals surface area contributed by atoms with Crippen molar-refractivity contribution < 1.29 is 4.79 Å². The number of thiazole rings is 1. The van der Waals surface area contributed by atoms with Crippen LogP contribution in [0.2, 0.25) is 10.0 Å².